The van der Waals surface area contributed by atoms with Crippen LogP contribution in [0.2, 0.25) is 0 Å². The molecule has 2 saturated carbocycles. The Morgan fingerprint density at radius 1 is 0.867 bits per heavy atom. The quantitative estimate of drug-likeness (QED) is 0.413. The number of nitriles is 1. The maximum atomic E-state index is 13.9. The van der Waals surface area contributed by atoms with Crippen LogP contribution in [0, 0.1) is 41.3 Å². The lowest BCUT2D eigenvalue weighted by Crippen LogP contribution is -2.26. The third-order valence-electron chi connectivity index (χ3n) is 7.65. The van der Waals surface area contributed by atoms with Crippen LogP contribution < -0.4 is 0 Å². The van der Waals surface area contributed by atoms with E-state index in [4.69, 9.17) is 5.26 Å². The van der Waals surface area contributed by atoms with Crippen molar-refractivity contribution in [2.24, 2.45) is 17.8 Å². The molecule has 0 heterocycles. The highest BCUT2D eigenvalue weighted by Crippen LogP contribution is 2.40. The average Bonchev–Trinajstić information content (AvgIpc) is 2.69. The summed E-state index contributed by atoms with van der Waals surface area (Å²) in [5.41, 5.74) is 1.17. The van der Waals surface area contributed by atoms with Crippen LogP contribution >= 0.6 is 0 Å². The van der Waals surface area contributed by atoms with Crippen LogP contribution in [-0.2, 0) is 6.42 Å². The van der Waals surface area contributed by atoms with Crippen molar-refractivity contribution in [2.45, 2.75) is 109 Å². The summed E-state index contributed by atoms with van der Waals surface area (Å²) in [5, 5.41) is 8.91. The summed E-state index contributed by atoms with van der Waals surface area (Å²) in [5.74, 6) is 2.20. The number of unbranched alkanes of at least 4 members (excludes halogenated alkanes) is 1. The fourth-order valence-corrected chi connectivity index (χ4v) is 5.94. The molecule has 1 radical (unpaired) electrons. The lowest BCUT2D eigenvalue weighted by molar-refractivity contribution is 0.183. The third kappa shape index (κ3) is 7.40. The number of hydrogen-bond donors (Lipinski definition) is 0. The van der Waals surface area contributed by atoms with Crippen LogP contribution in [0.25, 0.3) is 0 Å². The molecular formula is C28H41FN. The van der Waals surface area contributed by atoms with Crippen LogP contribution in [0.5, 0.6) is 0 Å². The molecule has 30 heavy (non-hydrogen) atoms. The molecular weight excluding hydrogens is 369 g/mol. The zero-order valence-corrected chi connectivity index (χ0v) is 18.9. The van der Waals surface area contributed by atoms with Gasteiger partial charge < -0.3 is 0 Å². The second-order valence-corrected chi connectivity index (χ2v) is 9.84. The Kier molecular flexibility index (Phi) is 10.2. The van der Waals surface area contributed by atoms with Gasteiger partial charge in [-0.25, -0.2) is 4.39 Å². The highest BCUT2D eigenvalue weighted by atomic mass is 19.1. The monoisotopic (exact) mass is 410 g/mol. The maximum absolute atomic E-state index is 13.9. The SMILES string of the molecule is N#Cc1ccc(CCC[CH]C(C2CCCCCCC2)C2CCCCCCC2)cc1F. The van der Waals surface area contributed by atoms with Crippen LogP contribution in [0.1, 0.15) is 114 Å². The molecule has 2 aliphatic rings. The van der Waals surface area contributed by atoms with Crippen molar-refractivity contribution < 1.29 is 4.39 Å². The smallest absolute Gasteiger partial charge is 0.141 e. The molecule has 0 N–H and O–H groups in total. The molecule has 1 aromatic rings. The maximum Gasteiger partial charge on any atom is 0.141 e. The van der Waals surface area contributed by atoms with Gasteiger partial charge in [0.25, 0.3) is 0 Å². The Bertz CT molecular complexity index is 623. The Labute approximate surface area is 184 Å². The van der Waals surface area contributed by atoms with E-state index < -0.39 is 0 Å². The number of halogens is 1. The number of hydrogen-bond acceptors (Lipinski definition) is 1. The second kappa shape index (κ2) is 13.1. The first-order chi connectivity index (χ1) is 14.8. The normalized spacial score (nSPS) is 20.2. The number of benzene rings is 1. The summed E-state index contributed by atoms with van der Waals surface area (Å²) in [4.78, 5) is 0. The molecule has 2 fully saturated rings. The van der Waals surface area contributed by atoms with Gasteiger partial charge in [-0.1, -0.05) is 96.0 Å². The van der Waals surface area contributed by atoms with E-state index in [1.807, 2.05) is 12.1 Å². The third-order valence-corrected chi connectivity index (χ3v) is 7.65. The minimum atomic E-state index is -0.374. The number of nitrogens with zero attached hydrogens (tertiary/aromatic N) is 1. The van der Waals surface area contributed by atoms with Crippen molar-refractivity contribution in [2.75, 3.05) is 0 Å². The standard InChI is InChI=1S/C28H41FN/c29-28-21-23(19-20-26(28)22-30)13-11-12-18-27(24-14-7-3-1-4-8-15-24)25-16-9-5-2-6-10-17-25/h18-21,24-25,27H,1-17H2. The van der Waals surface area contributed by atoms with Gasteiger partial charge in [0.2, 0.25) is 0 Å². The first-order valence-corrected chi connectivity index (χ1v) is 12.8. The van der Waals surface area contributed by atoms with Gasteiger partial charge in [-0.2, -0.15) is 5.26 Å². The number of aryl methyl sites for hydroxylation is 1. The summed E-state index contributed by atoms with van der Waals surface area (Å²) < 4.78 is 13.9. The summed E-state index contributed by atoms with van der Waals surface area (Å²) in [7, 11) is 0. The van der Waals surface area contributed by atoms with E-state index in [9.17, 15) is 4.39 Å². The lowest BCUT2D eigenvalue weighted by atomic mass is 9.69. The second-order valence-electron chi connectivity index (χ2n) is 9.84. The van der Waals surface area contributed by atoms with E-state index in [1.165, 1.54) is 89.9 Å². The van der Waals surface area contributed by atoms with E-state index in [-0.39, 0.29) is 11.4 Å². The predicted molar refractivity (Wildman–Crippen MR) is 123 cm³/mol. The molecule has 0 aliphatic heterocycles. The molecule has 1 nitrogen and oxygen atoms in total. The summed E-state index contributed by atoms with van der Waals surface area (Å²) in [6.45, 7) is 0. The molecule has 2 aliphatic carbocycles. The summed E-state index contributed by atoms with van der Waals surface area (Å²) >= 11 is 0. The van der Waals surface area contributed by atoms with Gasteiger partial charge in [-0.05, 0) is 61.1 Å². The van der Waals surface area contributed by atoms with Crippen LogP contribution in [0.4, 0.5) is 4.39 Å². The highest BCUT2D eigenvalue weighted by Gasteiger charge is 2.29. The molecule has 3 rings (SSSR count). The van der Waals surface area contributed by atoms with Gasteiger partial charge in [0.1, 0.15) is 11.9 Å². The zero-order valence-electron chi connectivity index (χ0n) is 18.9. The Hall–Kier alpha value is -1.36. The van der Waals surface area contributed by atoms with Gasteiger partial charge in [0.05, 0.1) is 5.56 Å². The molecule has 0 atom stereocenters. The van der Waals surface area contributed by atoms with Crippen LogP contribution in [0.15, 0.2) is 18.2 Å². The molecule has 165 valence electrons. The van der Waals surface area contributed by atoms with Gasteiger partial charge in [0, 0.05) is 0 Å². The lowest BCUT2D eigenvalue weighted by Gasteiger charge is -2.36. The van der Waals surface area contributed by atoms with Gasteiger partial charge in [0.15, 0.2) is 0 Å². The van der Waals surface area contributed by atoms with E-state index in [0.717, 1.165) is 42.6 Å². The molecule has 0 unspecified atom stereocenters. The Balaban J connectivity index is 1.56. The Morgan fingerprint density at radius 2 is 1.40 bits per heavy atom. The van der Waals surface area contributed by atoms with E-state index in [0.29, 0.717) is 0 Å². The van der Waals surface area contributed by atoms with Crippen molar-refractivity contribution in [1.82, 2.24) is 0 Å². The minimum Gasteiger partial charge on any atom is -0.206 e. The zero-order chi connectivity index (χ0) is 21.0. The van der Waals surface area contributed by atoms with Crippen molar-refractivity contribution in [3.05, 3.63) is 41.6 Å². The van der Waals surface area contributed by atoms with Crippen molar-refractivity contribution in [1.29, 1.82) is 5.26 Å². The van der Waals surface area contributed by atoms with E-state index >= 15 is 0 Å². The first-order valence-electron chi connectivity index (χ1n) is 12.8. The van der Waals surface area contributed by atoms with Crippen molar-refractivity contribution in [3.63, 3.8) is 0 Å². The molecule has 1 aromatic carbocycles. The molecule has 0 aromatic heterocycles. The van der Waals surface area contributed by atoms with Gasteiger partial charge in [-0.15, -0.1) is 0 Å². The Morgan fingerprint density at radius 3 is 1.90 bits per heavy atom. The average molecular weight is 411 g/mol. The van der Waals surface area contributed by atoms with E-state index in [1.54, 1.807) is 12.1 Å². The van der Waals surface area contributed by atoms with Gasteiger partial charge >= 0.3 is 0 Å². The van der Waals surface area contributed by atoms with E-state index in [2.05, 4.69) is 6.42 Å². The molecule has 0 bridgehead atoms. The summed E-state index contributed by atoms with van der Waals surface area (Å²) in [6.07, 6.45) is 25.8. The minimum absolute atomic E-state index is 0.152. The van der Waals surface area contributed by atoms with Gasteiger partial charge in [-0.3, -0.25) is 0 Å². The molecule has 2 heteroatoms. The number of rotatable bonds is 7. The molecule has 0 amide bonds. The molecule has 0 spiro atoms. The largest absolute Gasteiger partial charge is 0.206 e. The first kappa shape index (κ1) is 23.3. The fourth-order valence-electron chi connectivity index (χ4n) is 5.94. The van der Waals surface area contributed by atoms with Crippen LogP contribution in [-0.4, -0.2) is 0 Å². The topological polar surface area (TPSA) is 23.8 Å². The van der Waals surface area contributed by atoms with Crippen LogP contribution in [0.3, 0.4) is 0 Å². The summed E-state index contributed by atoms with van der Waals surface area (Å²) in [6, 6.07) is 7.02. The highest BCUT2D eigenvalue weighted by molar-refractivity contribution is 5.33. The molecule has 0 saturated heterocycles. The van der Waals surface area contributed by atoms with Crippen molar-refractivity contribution in [3.8, 4) is 6.07 Å². The predicted octanol–water partition coefficient (Wildman–Crippen LogP) is 8.56. The fraction of sp³-hybridized carbons (Fsp3) is 0.714. The van der Waals surface area contributed by atoms with Crippen molar-refractivity contribution >= 4 is 0 Å².